The van der Waals surface area contributed by atoms with Gasteiger partial charge in [-0.05, 0) is 73.9 Å². The van der Waals surface area contributed by atoms with Crippen LogP contribution in [-0.4, -0.2) is 35.9 Å². The molecule has 8 nitrogen and oxygen atoms in total. The monoisotopic (exact) mass is 603 g/mol. The minimum absolute atomic E-state index is 0.0590. The molecule has 0 aliphatic carbocycles. The number of carbonyl (C=O) groups is 3. The van der Waals surface area contributed by atoms with Crippen molar-refractivity contribution in [3.05, 3.63) is 106 Å². The van der Waals surface area contributed by atoms with Crippen molar-refractivity contribution >= 4 is 45.5 Å². The Hall–Kier alpha value is -4.37. The summed E-state index contributed by atoms with van der Waals surface area (Å²) in [5.74, 6) is 0.0237. The summed E-state index contributed by atoms with van der Waals surface area (Å²) in [5.41, 5.74) is 4.13. The maximum Gasteiger partial charge on any atom is 0.329 e. The van der Waals surface area contributed by atoms with Crippen LogP contribution in [0.2, 0.25) is 0 Å². The van der Waals surface area contributed by atoms with E-state index in [1.54, 1.807) is 30.4 Å². The highest BCUT2D eigenvalue weighted by Crippen LogP contribution is 2.35. The fraction of sp³-hybridized carbons (Fsp3) is 0.194. The zero-order valence-electron chi connectivity index (χ0n) is 22.3. The molecule has 40 heavy (non-hydrogen) atoms. The van der Waals surface area contributed by atoms with Gasteiger partial charge >= 0.3 is 6.03 Å². The van der Waals surface area contributed by atoms with Gasteiger partial charge in [-0.15, -0.1) is 6.58 Å². The van der Waals surface area contributed by atoms with Crippen molar-refractivity contribution in [3.8, 4) is 11.5 Å². The molecule has 206 valence electrons. The van der Waals surface area contributed by atoms with Crippen LogP contribution in [0.4, 0.5) is 10.5 Å². The van der Waals surface area contributed by atoms with Crippen molar-refractivity contribution in [2.24, 2.45) is 0 Å². The lowest BCUT2D eigenvalue weighted by atomic mass is 10.0. The summed E-state index contributed by atoms with van der Waals surface area (Å²) in [6, 6.07) is 18.0. The molecule has 0 radical (unpaired) electrons. The molecule has 2 N–H and O–H groups in total. The van der Waals surface area contributed by atoms with Gasteiger partial charge in [0.05, 0.1) is 6.61 Å². The minimum atomic E-state index is -0.666. The second kappa shape index (κ2) is 13.1. The van der Waals surface area contributed by atoms with Crippen LogP contribution in [0.3, 0.4) is 0 Å². The Labute approximate surface area is 241 Å². The van der Waals surface area contributed by atoms with Gasteiger partial charge in [-0.25, -0.2) is 9.69 Å². The van der Waals surface area contributed by atoms with Gasteiger partial charge in [0.25, 0.3) is 5.91 Å². The van der Waals surface area contributed by atoms with Crippen molar-refractivity contribution < 1.29 is 23.9 Å². The molecule has 1 aliphatic rings. The Bertz CT molecular complexity index is 1450. The first kappa shape index (κ1) is 28.6. The van der Waals surface area contributed by atoms with E-state index in [9.17, 15) is 14.4 Å². The maximum atomic E-state index is 13.0. The van der Waals surface area contributed by atoms with Gasteiger partial charge in [-0.2, -0.15) is 0 Å². The van der Waals surface area contributed by atoms with Crippen LogP contribution < -0.4 is 20.1 Å². The van der Waals surface area contributed by atoms with Gasteiger partial charge in [-0.3, -0.25) is 9.59 Å². The van der Waals surface area contributed by atoms with Crippen molar-refractivity contribution in [3.63, 3.8) is 0 Å². The standard InChI is InChI=1S/C31H30BrN3O5/c1-4-6-23-15-22(17-27(39-5-2)29(23)40-19-21-9-11-24(32)12-10-21)16-26-30(37)35(31(38)34-26)18-28(36)33-25-13-7-20(3)8-14-25/h4,7-17H,1,5-6,18-19H2,2-3H3,(H,33,36)(H,34,38)/b26-16-. The van der Waals surface area contributed by atoms with Gasteiger partial charge in [0.2, 0.25) is 5.91 Å². The summed E-state index contributed by atoms with van der Waals surface area (Å²) in [6.45, 7) is 8.00. The quantitative estimate of drug-likeness (QED) is 0.159. The molecule has 0 unspecified atom stereocenters. The minimum Gasteiger partial charge on any atom is -0.490 e. The molecular formula is C31H30BrN3O5. The molecule has 1 aliphatic heterocycles. The second-order valence-corrected chi connectivity index (χ2v) is 10.1. The van der Waals surface area contributed by atoms with Crippen molar-refractivity contribution in [2.45, 2.75) is 26.9 Å². The summed E-state index contributed by atoms with van der Waals surface area (Å²) in [6.07, 6.45) is 3.81. The van der Waals surface area contributed by atoms with E-state index in [4.69, 9.17) is 9.47 Å². The number of imide groups is 1. The number of allylic oxidation sites excluding steroid dienone is 1. The SMILES string of the molecule is C=CCc1cc(/C=C2\NC(=O)N(CC(=O)Nc3ccc(C)cc3)C2=O)cc(OCC)c1OCc1ccc(Br)cc1. The zero-order valence-corrected chi connectivity index (χ0v) is 23.9. The van der Waals surface area contributed by atoms with Crippen molar-refractivity contribution in [1.29, 1.82) is 0 Å². The van der Waals surface area contributed by atoms with Crippen LogP contribution in [0.15, 0.2) is 83.5 Å². The second-order valence-electron chi connectivity index (χ2n) is 9.14. The summed E-state index contributed by atoms with van der Waals surface area (Å²) in [7, 11) is 0. The van der Waals surface area contributed by atoms with Gasteiger partial charge in [0, 0.05) is 15.7 Å². The fourth-order valence-corrected chi connectivity index (χ4v) is 4.36. The molecule has 0 spiro atoms. The van der Waals surface area contributed by atoms with E-state index >= 15 is 0 Å². The molecule has 0 aromatic heterocycles. The van der Waals surface area contributed by atoms with Crippen molar-refractivity contribution in [2.75, 3.05) is 18.5 Å². The highest BCUT2D eigenvalue weighted by Gasteiger charge is 2.35. The molecule has 1 heterocycles. The van der Waals surface area contributed by atoms with Crippen LogP contribution in [0, 0.1) is 6.92 Å². The lowest BCUT2D eigenvalue weighted by Gasteiger charge is -2.17. The topological polar surface area (TPSA) is 97.0 Å². The lowest BCUT2D eigenvalue weighted by molar-refractivity contribution is -0.127. The summed E-state index contributed by atoms with van der Waals surface area (Å²) in [5, 5.41) is 5.27. The number of nitrogens with one attached hydrogen (secondary N) is 2. The number of carbonyl (C=O) groups excluding carboxylic acids is 3. The molecule has 1 fully saturated rings. The third-order valence-electron chi connectivity index (χ3n) is 6.02. The third kappa shape index (κ3) is 7.18. The average molecular weight is 605 g/mol. The number of anilines is 1. The number of amides is 4. The van der Waals surface area contributed by atoms with Gasteiger partial charge < -0.3 is 20.1 Å². The lowest BCUT2D eigenvalue weighted by Crippen LogP contribution is -2.38. The third-order valence-corrected chi connectivity index (χ3v) is 6.55. The number of ether oxygens (including phenoxy) is 2. The summed E-state index contributed by atoms with van der Waals surface area (Å²) in [4.78, 5) is 39.0. The van der Waals surface area contributed by atoms with E-state index in [0.29, 0.717) is 42.4 Å². The van der Waals surface area contributed by atoms with E-state index in [1.165, 1.54) is 0 Å². The Morgan fingerprint density at radius 1 is 1.07 bits per heavy atom. The number of benzene rings is 3. The summed E-state index contributed by atoms with van der Waals surface area (Å²) >= 11 is 3.44. The Morgan fingerprint density at radius 2 is 1.80 bits per heavy atom. The smallest absolute Gasteiger partial charge is 0.329 e. The van der Waals surface area contributed by atoms with Gasteiger partial charge in [0.15, 0.2) is 11.5 Å². The predicted octanol–water partition coefficient (Wildman–Crippen LogP) is 6.00. The van der Waals surface area contributed by atoms with E-state index in [-0.39, 0.29) is 5.70 Å². The van der Waals surface area contributed by atoms with Gasteiger partial charge in [-0.1, -0.05) is 51.8 Å². The molecule has 3 aromatic carbocycles. The molecule has 4 rings (SSSR count). The largest absolute Gasteiger partial charge is 0.490 e. The first-order valence-electron chi connectivity index (χ1n) is 12.8. The number of hydrogen-bond acceptors (Lipinski definition) is 5. The molecule has 0 bridgehead atoms. The van der Waals surface area contributed by atoms with Crippen LogP contribution >= 0.6 is 15.9 Å². The highest BCUT2D eigenvalue weighted by molar-refractivity contribution is 9.10. The average Bonchev–Trinajstić information content (AvgIpc) is 3.18. The molecule has 0 atom stereocenters. The number of rotatable bonds is 11. The summed E-state index contributed by atoms with van der Waals surface area (Å²) < 4.78 is 13.1. The van der Waals surface area contributed by atoms with Crippen LogP contribution in [-0.2, 0) is 22.6 Å². The highest BCUT2D eigenvalue weighted by atomic mass is 79.9. The number of halogens is 1. The van der Waals surface area contributed by atoms with Crippen LogP contribution in [0.5, 0.6) is 11.5 Å². The molecule has 9 heteroatoms. The first-order chi connectivity index (χ1) is 19.3. The normalized spacial score (nSPS) is 13.8. The number of hydrogen-bond donors (Lipinski definition) is 2. The zero-order chi connectivity index (χ0) is 28.6. The van der Waals surface area contributed by atoms with E-state index in [2.05, 4.69) is 33.1 Å². The predicted molar refractivity (Wildman–Crippen MR) is 158 cm³/mol. The fourth-order valence-electron chi connectivity index (χ4n) is 4.10. The molecule has 3 aromatic rings. The van der Waals surface area contributed by atoms with E-state index < -0.39 is 24.4 Å². The number of nitrogens with zero attached hydrogens (tertiary/aromatic N) is 1. The Balaban J connectivity index is 1.54. The molecular weight excluding hydrogens is 574 g/mol. The van der Waals surface area contributed by atoms with E-state index in [0.717, 1.165) is 26.1 Å². The molecule has 1 saturated heterocycles. The Morgan fingerprint density at radius 3 is 2.48 bits per heavy atom. The number of aryl methyl sites for hydroxylation is 1. The Kier molecular flexibility index (Phi) is 9.39. The molecule has 4 amide bonds. The number of urea groups is 1. The first-order valence-corrected chi connectivity index (χ1v) is 13.6. The van der Waals surface area contributed by atoms with Gasteiger partial charge in [0.1, 0.15) is 18.8 Å². The maximum absolute atomic E-state index is 13.0. The van der Waals surface area contributed by atoms with Crippen molar-refractivity contribution in [1.82, 2.24) is 10.2 Å². The van der Waals surface area contributed by atoms with Crippen LogP contribution in [0.1, 0.15) is 29.2 Å². The molecule has 0 saturated carbocycles. The van der Waals surface area contributed by atoms with Crippen LogP contribution in [0.25, 0.3) is 6.08 Å². The van der Waals surface area contributed by atoms with E-state index in [1.807, 2.05) is 56.3 Å².